The molecule has 0 fully saturated rings. The number of hydrogen-bond acceptors (Lipinski definition) is 2. The predicted octanol–water partition coefficient (Wildman–Crippen LogP) is 3.28. The lowest BCUT2D eigenvalue weighted by Crippen LogP contribution is -2.17. The lowest BCUT2D eigenvalue weighted by Gasteiger charge is -2.12. The highest BCUT2D eigenvalue weighted by atomic mass is 16.7. The van der Waals surface area contributed by atoms with Crippen molar-refractivity contribution in [2.24, 2.45) is 0 Å². The van der Waals surface area contributed by atoms with E-state index in [1.165, 1.54) is 16.3 Å². The summed E-state index contributed by atoms with van der Waals surface area (Å²) in [4.78, 5) is 5.07. The molecule has 0 heterocycles. The minimum Gasteiger partial charge on any atom is -0.303 e. The molecule has 2 nitrogen and oxygen atoms in total. The van der Waals surface area contributed by atoms with E-state index in [1.807, 2.05) is 12.1 Å². The second-order valence-electron chi connectivity index (χ2n) is 4.13. The van der Waals surface area contributed by atoms with Crippen molar-refractivity contribution < 1.29 is 4.84 Å². The van der Waals surface area contributed by atoms with Crippen LogP contribution in [0.3, 0.4) is 0 Å². The fourth-order valence-electron chi connectivity index (χ4n) is 1.84. The van der Waals surface area contributed by atoms with E-state index in [9.17, 15) is 0 Å². The van der Waals surface area contributed by atoms with Gasteiger partial charge in [-0.15, -0.1) is 0 Å². The Balaban J connectivity index is 1.99. The summed E-state index contributed by atoms with van der Waals surface area (Å²) in [5.74, 6) is 0. The van der Waals surface area contributed by atoms with Gasteiger partial charge in [-0.05, 0) is 29.2 Å². The largest absolute Gasteiger partial charge is 0.303 e. The molecule has 0 aromatic heterocycles. The van der Waals surface area contributed by atoms with Gasteiger partial charge < -0.3 is 4.84 Å². The van der Waals surface area contributed by atoms with Crippen LogP contribution in [0, 0.1) is 6.42 Å². The summed E-state index contributed by atoms with van der Waals surface area (Å²) < 4.78 is 0. The molecule has 0 aliphatic rings. The van der Waals surface area contributed by atoms with E-state index < -0.39 is 0 Å². The van der Waals surface area contributed by atoms with Crippen molar-refractivity contribution in [1.82, 2.24) is 5.06 Å². The Bertz CT molecular complexity index is 481. The topological polar surface area (TPSA) is 12.5 Å². The highest BCUT2D eigenvalue weighted by molar-refractivity contribution is 5.83. The van der Waals surface area contributed by atoms with Gasteiger partial charge in [-0.25, -0.2) is 0 Å². The van der Waals surface area contributed by atoms with Crippen LogP contribution >= 0.6 is 0 Å². The smallest absolute Gasteiger partial charge is 0.0575 e. The van der Waals surface area contributed by atoms with Gasteiger partial charge in [-0.1, -0.05) is 42.5 Å². The summed E-state index contributed by atoms with van der Waals surface area (Å²) >= 11 is 0. The molecule has 0 amide bonds. The van der Waals surface area contributed by atoms with Crippen LogP contribution in [0.4, 0.5) is 0 Å². The van der Waals surface area contributed by atoms with Crippen LogP contribution in [-0.2, 0) is 4.84 Å². The van der Waals surface area contributed by atoms with Crippen molar-refractivity contribution in [2.75, 3.05) is 20.7 Å². The molecule has 0 spiro atoms. The zero-order valence-corrected chi connectivity index (χ0v) is 10.4. The van der Waals surface area contributed by atoms with Crippen LogP contribution in [-0.4, -0.2) is 25.8 Å². The average molecular weight is 228 g/mol. The lowest BCUT2D eigenvalue weighted by atomic mass is 10.0. The minimum absolute atomic E-state index is 0.906. The van der Waals surface area contributed by atoms with Crippen LogP contribution in [0.25, 0.3) is 10.8 Å². The second kappa shape index (κ2) is 5.80. The molecule has 2 heteroatoms. The zero-order chi connectivity index (χ0) is 12.1. The summed E-state index contributed by atoms with van der Waals surface area (Å²) in [6.07, 6.45) is 3.23. The third kappa shape index (κ3) is 3.29. The Hall–Kier alpha value is -1.38. The fraction of sp³-hybridized carbons (Fsp3) is 0.267. The third-order valence-corrected chi connectivity index (χ3v) is 2.91. The number of nitrogens with zero attached hydrogens (tertiary/aromatic N) is 1. The van der Waals surface area contributed by atoms with Gasteiger partial charge in [-0.3, -0.25) is 0 Å². The molecule has 0 saturated carbocycles. The molecule has 2 aromatic rings. The Labute approximate surface area is 103 Å². The third-order valence-electron chi connectivity index (χ3n) is 2.91. The Morgan fingerprint density at radius 2 is 1.88 bits per heavy atom. The van der Waals surface area contributed by atoms with Crippen molar-refractivity contribution in [3.05, 3.63) is 54.4 Å². The molecule has 0 bridgehead atoms. The molecule has 1 radical (unpaired) electrons. The standard InChI is InChI=1S/C15H18NO/c1-16(17-2)11-5-6-13-9-10-14-7-3-4-8-15(14)12-13/h3-4,6-10,12H,5,11H2,1-2H3. The van der Waals surface area contributed by atoms with Crippen molar-refractivity contribution in [3.8, 4) is 0 Å². The van der Waals surface area contributed by atoms with E-state index in [4.69, 9.17) is 4.84 Å². The van der Waals surface area contributed by atoms with Gasteiger partial charge in [0.1, 0.15) is 0 Å². The van der Waals surface area contributed by atoms with E-state index in [-0.39, 0.29) is 0 Å². The van der Waals surface area contributed by atoms with Crippen molar-refractivity contribution >= 4 is 10.8 Å². The summed E-state index contributed by atoms with van der Waals surface area (Å²) in [5.41, 5.74) is 1.27. The predicted molar refractivity (Wildman–Crippen MR) is 71.6 cm³/mol. The van der Waals surface area contributed by atoms with Gasteiger partial charge in [0.05, 0.1) is 7.11 Å². The van der Waals surface area contributed by atoms with Gasteiger partial charge >= 0.3 is 0 Å². The van der Waals surface area contributed by atoms with Crippen LogP contribution in [0.5, 0.6) is 0 Å². The van der Waals surface area contributed by atoms with Crippen LogP contribution in [0.1, 0.15) is 12.0 Å². The minimum atomic E-state index is 0.906. The Morgan fingerprint density at radius 3 is 2.65 bits per heavy atom. The van der Waals surface area contributed by atoms with E-state index >= 15 is 0 Å². The van der Waals surface area contributed by atoms with Crippen LogP contribution < -0.4 is 0 Å². The summed E-state index contributed by atoms with van der Waals surface area (Å²) in [7, 11) is 3.63. The van der Waals surface area contributed by atoms with Crippen molar-refractivity contribution in [1.29, 1.82) is 0 Å². The van der Waals surface area contributed by atoms with Crippen molar-refractivity contribution in [2.45, 2.75) is 6.42 Å². The summed E-state index contributed by atoms with van der Waals surface area (Å²) in [6, 6.07) is 15.0. The number of benzene rings is 2. The molecule has 2 rings (SSSR count). The molecule has 0 N–H and O–H groups in total. The first-order chi connectivity index (χ1) is 8.29. The quantitative estimate of drug-likeness (QED) is 0.728. The maximum absolute atomic E-state index is 5.07. The first-order valence-electron chi connectivity index (χ1n) is 5.87. The van der Waals surface area contributed by atoms with Gasteiger partial charge in [-0.2, -0.15) is 5.06 Å². The maximum atomic E-state index is 5.07. The Morgan fingerprint density at radius 1 is 1.12 bits per heavy atom. The molecule has 0 unspecified atom stereocenters. The van der Waals surface area contributed by atoms with E-state index in [0.29, 0.717) is 0 Å². The van der Waals surface area contributed by atoms with E-state index in [0.717, 1.165) is 13.0 Å². The number of hydroxylamine groups is 2. The molecule has 2 aromatic carbocycles. The van der Waals surface area contributed by atoms with E-state index in [1.54, 1.807) is 7.11 Å². The number of rotatable bonds is 5. The summed E-state index contributed by atoms with van der Waals surface area (Å²) in [6.45, 7) is 0.906. The fourth-order valence-corrected chi connectivity index (χ4v) is 1.84. The van der Waals surface area contributed by atoms with Gasteiger partial charge in [0.15, 0.2) is 0 Å². The number of hydrogen-bond donors (Lipinski definition) is 0. The highest BCUT2D eigenvalue weighted by Gasteiger charge is 1.99. The molecular formula is C15H18NO. The van der Waals surface area contributed by atoms with Crippen LogP contribution in [0.15, 0.2) is 42.5 Å². The number of fused-ring (bicyclic) bond motifs is 1. The first-order valence-corrected chi connectivity index (χ1v) is 5.87. The Kier molecular flexibility index (Phi) is 4.13. The molecule has 0 aliphatic heterocycles. The van der Waals surface area contributed by atoms with Crippen LogP contribution in [0.2, 0.25) is 0 Å². The normalized spacial score (nSPS) is 11.2. The lowest BCUT2D eigenvalue weighted by molar-refractivity contribution is -0.108. The van der Waals surface area contributed by atoms with Gasteiger partial charge in [0.2, 0.25) is 0 Å². The van der Waals surface area contributed by atoms with Gasteiger partial charge in [0, 0.05) is 13.6 Å². The SMILES string of the molecule is CON(C)CC[CH]c1ccc2ccccc2c1. The molecule has 0 atom stereocenters. The van der Waals surface area contributed by atoms with E-state index in [2.05, 4.69) is 48.9 Å². The first kappa shape index (κ1) is 12.1. The molecule has 89 valence electrons. The summed E-state index contributed by atoms with van der Waals surface area (Å²) in [5, 5.41) is 4.41. The molecule has 0 aliphatic carbocycles. The second-order valence-corrected chi connectivity index (χ2v) is 4.13. The molecule has 17 heavy (non-hydrogen) atoms. The highest BCUT2D eigenvalue weighted by Crippen LogP contribution is 2.17. The molecule has 0 saturated heterocycles. The molecular weight excluding hydrogens is 210 g/mol. The maximum Gasteiger partial charge on any atom is 0.0575 e. The van der Waals surface area contributed by atoms with Gasteiger partial charge in [0.25, 0.3) is 0 Å². The zero-order valence-electron chi connectivity index (χ0n) is 10.4. The average Bonchev–Trinajstić information content (AvgIpc) is 2.38. The monoisotopic (exact) mass is 228 g/mol. The van der Waals surface area contributed by atoms with Crippen molar-refractivity contribution in [3.63, 3.8) is 0 Å².